The maximum absolute atomic E-state index is 6.97. The minimum atomic E-state index is 0.544. The zero-order valence-corrected chi connectivity index (χ0v) is 33.7. The van der Waals surface area contributed by atoms with Crippen molar-refractivity contribution in [2.75, 3.05) is 0 Å². The summed E-state index contributed by atoms with van der Waals surface area (Å²) in [5.41, 5.74) is 13.4. The van der Waals surface area contributed by atoms with E-state index >= 15 is 0 Å². The minimum absolute atomic E-state index is 0.544. The van der Waals surface area contributed by atoms with Crippen molar-refractivity contribution in [3.05, 3.63) is 200 Å². The lowest BCUT2D eigenvalue weighted by Gasteiger charge is -2.13. The minimum Gasteiger partial charge on any atom is -0.455 e. The lowest BCUT2D eigenvalue weighted by Crippen LogP contribution is -2.01. The van der Waals surface area contributed by atoms with Crippen LogP contribution in [0.5, 0.6) is 0 Å². The Labute approximate surface area is 359 Å². The first-order chi connectivity index (χ1) is 31.3. The standard InChI is InChI=1S/C57H33N5O/c1-3-15-34(16-4-1)35-27-29-37(30-28-35)56-58-55(36-17-5-2-6-18-36)59-57(60-56)42-31-32-48(50-41-22-10-14-26-49(41)63-54(42)50)62-46-24-12-8-20-39(46)44-33-43-38-19-7-11-23-45(38)61-47-25-13-9-21-40(47)51(52(43)61)53(44)62/h1-33H. The Balaban J connectivity index is 1.07. The number of nitrogens with zero attached hydrogens (tertiary/aromatic N) is 5. The van der Waals surface area contributed by atoms with Crippen LogP contribution in [0.2, 0.25) is 0 Å². The van der Waals surface area contributed by atoms with Crippen molar-refractivity contribution in [2.24, 2.45) is 0 Å². The molecule has 5 heterocycles. The van der Waals surface area contributed by atoms with Gasteiger partial charge in [-0.2, -0.15) is 0 Å². The lowest BCUT2D eigenvalue weighted by molar-refractivity contribution is 0.669. The molecule has 292 valence electrons. The number of rotatable bonds is 5. The Morgan fingerprint density at radius 2 is 0.857 bits per heavy atom. The maximum atomic E-state index is 6.97. The van der Waals surface area contributed by atoms with Crippen molar-refractivity contribution in [3.63, 3.8) is 0 Å². The number of aromatic nitrogens is 5. The Bertz CT molecular complexity index is 4130. The summed E-state index contributed by atoms with van der Waals surface area (Å²) in [5.74, 6) is 1.73. The van der Waals surface area contributed by atoms with Gasteiger partial charge >= 0.3 is 0 Å². The summed E-state index contributed by atoms with van der Waals surface area (Å²) in [5, 5.41) is 9.42. The van der Waals surface area contributed by atoms with E-state index in [1.807, 2.05) is 42.5 Å². The van der Waals surface area contributed by atoms with E-state index in [4.69, 9.17) is 19.4 Å². The fourth-order valence-corrected chi connectivity index (χ4v) is 10.2. The van der Waals surface area contributed by atoms with Crippen LogP contribution in [-0.2, 0) is 0 Å². The molecule has 9 aromatic carbocycles. The molecular formula is C57H33N5O. The van der Waals surface area contributed by atoms with Gasteiger partial charge in [-0.25, -0.2) is 15.0 Å². The highest BCUT2D eigenvalue weighted by Gasteiger charge is 2.27. The van der Waals surface area contributed by atoms with Gasteiger partial charge in [0.05, 0.1) is 44.2 Å². The van der Waals surface area contributed by atoms with Crippen LogP contribution in [0.1, 0.15) is 0 Å². The number of furan rings is 1. The third-order valence-electron chi connectivity index (χ3n) is 12.9. The Morgan fingerprint density at radius 1 is 0.349 bits per heavy atom. The van der Waals surface area contributed by atoms with Crippen LogP contribution in [-0.4, -0.2) is 23.9 Å². The Morgan fingerprint density at radius 3 is 1.59 bits per heavy atom. The van der Waals surface area contributed by atoms with Crippen LogP contribution >= 0.6 is 0 Å². The van der Waals surface area contributed by atoms with Crippen LogP contribution in [0.15, 0.2) is 205 Å². The molecule has 0 aliphatic carbocycles. The van der Waals surface area contributed by atoms with E-state index in [1.165, 1.54) is 54.4 Å². The van der Waals surface area contributed by atoms with Gasteiger partial charge in [0.25, 0.3) is 0 Å². The first-order valence-corrected chi connectivity index (χ1v) is 21.3. The van der Waals surface area contributed by atoms with E-state index in [0.29, 0.717) is 17.5 Å². The van der Waals surface area contributed by atoms with Gasteiger partial charge in [-0.15, -0.1) is 0 Å². The number of para-hydroxylation sites is 4. The number of hydrogen-bond acceptors (Lipinski definition) is 4. The predicted molar refractivity (Wildman–Crippen MR) is 258 cm³/mol. The molecule has 14 aromatic rings. The Hall–Kier alpha value is -8.61. The van der Waals surface area contributed by atoms with E-state index in [0.717, 1.165) is 61.0 Å². The van der Waals surface area contributed by atoms with Gasteiger partial charge in [0.1, 0.15) is 11.2 Å². The highest BCUT2D eigenvalue weighted by Crippen LogP contribution is 2.48. The van der Waals surface area contributed by atoms with E-state index in [9.17, 15) is 0 Å². The molecule has 0 bridgehead atoms. The topological polar surface area (TPSA) is 61.2 Å². The fraction of sp³-hybridized carbons (Fsp3) is 0. The second-order valence-corrected chi connectivity index (χ2v) is 16.3. The van der Waals surface area contributed by atoms with Crippen LogP contribution < -0.4 is 0 Å². The fourth-order valence-electron chi connectivity index (χ4n) is 10.2. The molecule has 6 nitrogen and oxygen atoms in total. The van der Waals surface area contributed by atoms with Crippen LogP contribution in [0.25, 0.3) is 133 Å². The van der Waals surface area contributed by atoms with E-state index in [2.05, 4.69) is 167 Å². The third kappa shape index (κ3) is 4.86. The summed E-state index contributed by atoms with van der Waals surface area (Å²) in [7, 11) is 0. The predicted octanol–water partition coefficient (Wildman–Crippen LogP) is 14.7. The summed E-state index contributed by atoms with van der Waals surface area (Å²) < 4.78 is 11.9. The van der Waals surface area contributed by atoms with Crippen molar-refractivity contribution < 1.29 is 4.42 Å². The quantitative estimate of drug-likeness (QED) is 0.174. The monoisotopic (exact) mass is 803 g/mol. The van der Waals surface area contributed by atoms with Crippen molar-refractivity contribution in [1.29, 1.82) is 0 Å². The number of benzene rings is 9. The molecule has 14 rings (SSSR count). The zero-order valence-electron chi connectivity index (χ0n) is 33.7. The summed E-state index contributed by atoms with van der Waals surface area (Å²) in [6.45, 7) is 0. The van der Waals surface area contributed by atoms with Gasteiger partial charge < -0.3 is 13.4 Å². The number of fused-ring (bicyclic) bond motifs is 13. The number of hydrogen-bond donors (Lipinski definition) is 0. The van der Waals surface area contributed by atoms with Crippen molar-refractivity contribution in [2.45, 2.75) is 0 Å². The van der Waals surface area contributed by atoms with Crippen molar-refractivity contribution in [1.82, 2.24) is 23.9 Å². The molecule has 0 aliphatic heterocycles. The van der Waals surface area contributed by atoms with Gasteiger partial charge in [0.15, 0.2) is 17.5 Å². The third-order valence-corrected chi connectivity index (χ3v) is 12.9. The highest BCUT2D eigenvalue weighted by molar-refractivity contribution is 6.34. The zero-order chi connectivity index (χ0) is 41.2. The van der Waals surface area contributed by atoms with Crippen molar-refractivity contribution >= 4 is 81.8 Å². The molecule has 0 saturated heterocycles. The average Bonchev–Trinajstić information content (AvgIpc) is 4.10. The van der Waals surface area contributed by atoms with Gasteiger partial charge in [0, 0.05) is 48.8 Å². The van der Waals surface area contributed by atoms with E-state index < -0.39 is 0 Å². The molecule has 0 spiro atoms. The largest absolute Gasteiger partial charge is 0.455 e. The normalized spacial score (nSPS) is 12.1. The molecule has 0 aliphatic rings. The average molecular weight is 804 g/mol. The highest BCUT2D eigenvalue weighted by atomic mass is 16.3. The smallest absolute Gasteiger partial charge is 0.167 e. The SMILES string of the molecule is c1ccc(-c2ccc(-c3nc(-c4ccccc4)nc(-c4ccc(-n5c6ccccc6c6cc7c8ccccc8n8c9ccccc9c(c65)c78)c5c4oc4ccccc45)n3)cc2)cc1. The van der Waals surface area contributed by atoms with Crippen LogP contribution in [0, 0.1) is 0 Å². The summed E-state index contributed by atoms with van der Waals surface area (Å²) in [4.78, 5) is 15.5. The molecule has 0 fully saturated rings. The summed E-state index contributed by atoms with van der Waals surface area (Å²) >= 11 is 0. The molecule has 63 heavy (non-hydrogen) atoms. The molecule has 0 unspecified atom stereocenters. The molecule has 5 aromatic heterocycles. The molecule has 0 N–H and O–H groups in total. The second kappa shape index (κ2) is 12.9. The van der Waals surface area contributed by atoms with Crippen LogP contribution in [0.3, 0.4) is 0 Å². The molecule has 0 radical (unpaired) electrons. The molecule has 0 amide bonds. The van der Waals surface area contributed by atoms with Gasteiger partial charge in [0.2, 0.25) is 0 Å². The first-order valence-electron chi connectivity index (χ1n) is 21.3. The molecule has 6 heteroatoms. The Kier molecular flexibility index (Phi) is 7.02. The van der Waals surface area contributed by atoms with Crippen LogP contribution in [0.4, 0.5) is 0 Å². The first kappa shape index (κ1) is 34.1. The lowest BCUT2D eigenvalue weighted by atomic mass is 10.0. The van der Waals surface area contributed by atoms with Gasteiger partial charge in [-0.3, -0.25) is 0 Å². The van der Waals surface area contributed by atoms with Gasteiger partial charge in [-0.05, 0) is 53.6 Å². The van der Waals surface area contributed by atoms with E-state index in [1.54, 1.807) is 0 Å². The molecule has 0 atom stereocenters. The molecular weight excluding hydrogens is 771 g/mol. The maximum Gasteiger partial charge on any atom is 0.167 e. The van der Waals surface area contributed by atoms with E-state index in [-0.39, 0.29) is 0 Å². The molecule has 0 saturated carbocycles. The second-order valence-electron chi connectivity index (χ2n) is 16.3. The summed E-state index contributed by atoms with van der Waals surface area (Å²) in [6, 6.07) is 70.5. The van der Waals surface area contributed by atoms with Crippen molar-refractivity contribution in [3.8, 4) is 51.0 Å². The van der Waals surface area contributed by atoms with Gasteiger partial charge in [-0.1, -0.05) is 158 Å². The summed E-state index contributed by atoms with van der Waals surface area (Å²) in [6.07, 6.45) is 0.